The van der Waals surface area contributed by atoms with E-state index in [1.807, 2.05) is 0 Å². The molecule has 19 heavy (non-hydrogen) atoms. The molecule has 0 aliphatic rings. The van der Waals surface area contributed by atoms with Crippen molar-refractivity contribution in [1.82, 2.24) is 0 Å². The predicted octanol–water partition coefficient (Wildman–Crippen LogP) is 3.75. The van der Waals surface area contributed by atoms with Gasteiger partial charge in [0, 0.05) is 11.6 Å². The van der Waals surface area contributed by atoms with Crippen molar-refractivity contribution in [3.8, 4) is 0 Å². The molecule has 0 spiro atoms. The standard InChI is InChI=1S/C13H11BrF2O3/c1-7(17)12(14)9-3-2-4-10(13(15)16)8(9)5-6-11(18)19/h2-6,12-13H,1H3,(H,18,19). The van der Waals surface area contributed by atoms with Crippen molar-refractivity contribution in [2.75, 3.05) is 0 Å². The van der Waals surface area contributed by atoms with E-state index in [1.165, 1.54) is 25.1 Å². The van der Waals surface area contributed by atoms with E-state index >= 15 is 0 Å². The Labute approximate surface area is 117 Å². The second-order valence-electron chi connectivity index (χ2n) is 3.80. The van der Waals surface area contributed by atoms with Gasteiger partial charge in [0.25, 0.3) is 6.43 Å². The van der Waals surface area contributed by atoms with Gasteiger partial charge >= 0.3 is 5.97 Å². The SMILES string of the molecule is CC(=O)C(Br)c1cccc(C(F)F)c1C=CC(=O)O. The molecule has 0 aliphatic carbocycles. The van der Waals surface area contributed by atoms with Crippen LogP contribution < -0.4 is 0 Å². The highest BCUT2D eigenvalue weighted by Crippen LogP contribution is 2.33. The molecule has 1 aromatic carbocycles. The van der Waals surface area contributed by atoms with Crippen molar-refractivity contribution in [1.29, 1.82) is 0 Å². The van der Waals surface area contributed by atoms with Gasteiger partial charge in [0.05, 0.1) is 4.83 Å². The van der Waals surface area contributed by atoms with E-state index in [0.29, 0.717) is 5.56 Å². The molecule has 0 fully saturated rings. The maximum absolute atomic E-state index is 12.9. The third-order valence-corrected chi connectivity index (χ3v) is 3.57. The molecule has 0 heterocycles. The quantitative estimate of drug-likeness (QED) is 0.660. The van der Waals surface area contributed by atoms with Gasteiger partial charge < -0.3 is 5.11 Å². The molecule has 0 aliphatic heterocycles. The zero-order chi connectivity index (χ0) is 14.6. The number of carboxylic acids is 1. The molecule has 0 amide bonds. The number of carbonyl (C=O) groups is 2. The summed E-state index contributed by atoms with van der Waals surface area (Å²) in [4.78, 5) is 21.1. The zero-order valence-corrected chi connectivity index (χ0v) is 11.5. The van der Waals surface area contributed by atoms with Crippen molar-refractivity contribution >= 4 is 33.8 Å². The summed E-state index contributed by atoms with van der Waals surface area (Å²) in [5.74, 6) is -1.50. The molecule has 0 bridgehead atoms. The number of aliphatic carboxylic acids is 1. The third-order valence-electron chi connectivity index (χ3n) is 2.43. The molecular formula is C13H11BrF2O3. The minimum absolute atomic E-state index is 0.0528. The smallest absolute Gasteiger partial charge is 0.328 e. The Morgan fingerprint density at radius 3 is 2.37 bits per heavy atom. The number of benzene rings is 1. The van der Waals surface area contributed by atoms with E-state index in [4.69, 9.17) is 5.11 Å². The number of alkyl halides is 3. The molecular weight excluding hydrogens is 322 g/mol. The molecule has 0 saturated carbocycles. The molecule has 1 rings (SSSR count). The van der Waals surface area contributed by atoms with Crippen LogP contribution in [0.25, 0.3) is 6.08 Å². The number of carboxylic acid groups (broad SMARTS) is 1. The van der Waals surface area contributed by atoms with Crippen LogP contribution in [0.2, 0.25) is 0 Å². The lowest BCUT2D eigenvalue weighted by Crippen LogP contribution is -2.05. The topological polar surface area (TPSA) is 54.4 Å². The van der Waals surface area contributed by atoms with E-state index in [2.05, 4.69) is 15.9 Å². The van der Waals surface area contributed by atoms with Crippen LogP contribution in [0.1, 0.15) is 34.9 Å². The van der Waals surface area contributed by atoms with Gasteiger partial charge in [0.2, 0.25) is 0 Å². The minimum Gasteiger partial charge on any atom is -0.478 e. The maximum Gasteiger partial charge on any atom is 0.328 e. The average Bonchev–Trinajstić information content (AvgIpc) is 2.34. The first-order valence-corrected chi connectivity index (χ1v) is 6.22. The lowest BCUT2D eigenvalue weighted by molar-refractivity contribution is -0.131. The third kappa shape index (κ3) is 3.96. The highest BCUT2D eigenvalue weighted by molar-refractivity contribution is 9.09. The minimum atomic E-state index is -2.75. The molecule has 0 aromatic heterocycles. The fourth-order valence-electron chi connectivity index (χ4n) is 1.58. The van der Waals surface area contributed by atoms with Gasteiger partial charge in [-0.1, -0.05) is 34.1 Å². The van der Waals surface area contributed by atoms with Crippen molar-refractivity contribution in [3.05, 3.63) is 41.0 Å². The van der Waals surface area contributed by atoms with E-state index < -0.39 is 17.2 Å². The Kier molecular flexibility index (Phi) is 5.35. The van der Waals surface area contributed by atoms with Gasteiger partial charge in [0.15, 0.2) is 0 Å². The number of hydrogen-bond donors (Lipinski definition) is 1. The van der Waals surface area contributed by atoms with Crippen LogP contribution in [-0.4, -0.2) is 16.9 Å². The van der Waals surface area contributed by atoms with E-state index in [9.17, 15) is 18.4 Å². The summed E-state index contributed by atoms with van der Waals surface area (Å²) in [7, 11) is 0. The van der Waals surface area contributed by atoms with Gasteiger partial charge in [-0.15, -0.1) is 0 Å². The van der Waals surface area contributed by atoms with Gasteiger partial charge in [-0.25, -0.2) is 13.6 Å². The van der Waals surface area contributed by atoms with Gasteiger partial charge in [-0.2, -0.15) is 0 Å². The van der Waals surface area contributed by atoms with Crippen molar-refractivity contribution in [3.63, 3.8) is 0 Å². The first-order chi connectivity index (χ1) is 8.84. The second kappa shape index (κ2) is 6.56. The van der Waals surface area contributed by atoms with Crippen LogP contribution in [0.15, 0.2) is 24.3 Å². The lowest BCUT2D eigenvalue weighted by Gasteiger charge is -2.14. The lowest BCUT2D eigenvalue weighted by atomic mass is 9.97. The van der Waals surface area contributed by atoms with Gasteiger partial charge in [-0.05, 0) is 24.1 Å². The molecule has 1 N–H and O–H groups in total. The summed E-state index contributed by atoms with van der Waals surface area (Å²) in [6.45, 7) is 1.32. The Morgan fingerprint density at radius 2 is 1.89 bits per heavy atom. The highest BCUT2D eigenvalue weighted by atomic mass is 79.9. The molecule has 0 radical (unpaired) electrons. The average molecular weight is 333 g/mol. The Morgan fingerprint density at radius 1 is 1.32 bits per heavy atom. The number of hydrogen-bond acceptors (Lipinski definition) is 2. The fourth-order valence-corrected chi connectivity index (χ4v) is 1.98. The van der Waals surface area contributed by atoms with Crippen LogP contribution >= 0.6 is 15.9 Å². The molecule has 3 nitrogen and oxygen atoms in total. The molecule has 6 heteroatoms. The highest BCUT2D eigenvalue weighted by Gasteiger charge is 2.20. The van der Waals surface area contributed by atoms with E-state index in [-0.39, 0.29) is 16.9 Å². The van der Waals surface area contributed by atoms with Crippen LogP contribution in [-0.2, 0) is 9.59 Å². The zero-order valence-electron chi connectivity index (χ0n) is 9.94. The van der Waals surface area contributed by atoms with Crippen molar-refractivity contribution in [2.45, 2.75) is 18.2 Å². The summed E-state index contributed by atoms with van der Waals surface area (Å²) >= 11 is 3.12. The van der Waals surface area contributed by atoms with Crippen molar-refractivity contribution < 1.29 is 23.5 Å². The largest absolute Gasteiger partial charge is 0.478 e. The Bertz CT molecular complexity index is 527. The van der Waals surface area contributed by atoms with Crippen LogP contribution in [0, 0.1) is 0 Å². The number of carbonyl (C=O) groups excluding carboxylic acids is 1. The Balaban J connectivity index is 3.41. The number of Topliss-reactive ketones (excluding diaryl/α,β-unsaturated/α-hetero) is 1. The van der Waals surface area contributed by atoms with Gasteiger partial charge in [-0.3, -0.25) is 4.79 Å². The monoisotopic (exact) mass is 332 g/mol. The molecule has 1 unspecified atom stereocenters. The number of ketones is 1. The van der Waals surface area contributed by atoms with Crippen molar-refractivity contribution in [2.24, 2.45) is 0 Å². The maximum atomic E-state index is 12.9. The number of halogens is 3. The van der Waals surface area contributed by atoms with Gasteiger partial charge in [0.1, 0.15) is 5.78 Å². The summed E-state index contributed by atoms with van der Waals surface area (Å²) < 4.78 is 25.8. The number of rotatable bonds is 5. The molecule has 1 atom stereocenters. The summed E-state index contributed by atoms with van der Waals surface area (Å²) in [5, 5.41) is 8.59. The summed E-state index contributed by atoms with van der Waals surface area (Å²) in [6, 6.07) is 4.12. The van der Waals surface area contributed by atoms with E-state index in [1.54, 1.807) is 0 Å². The second-order valence-corrected chi connectivity index (χ2v) is 4.71. The first-order valence-electron chi connectivity index (χ1n) is 5.31. The molecule has 0 saturated heterocycles. The first kappa shape index (κ1) is 15.5. The summed E-state index contributed by atoms with van der Waals surface area (Å²) in [5.41, 5.74) is 0.0699. The molecule has 102 valence electrons. The van der Waals surface area contributed by atoms with E-state index in [0.717, 1.165) is 12.2 Å². The van der Waals surface area contributed by atoms with Crippen LogP contribution in [0.3, 0.4) is 0 Å². The van der Waals surface area contributed by atoms with Crippen LogP contribution in [0.5, 0.6) is 0 Å². The Hall–Kier alpha value is -1.56. The summed E-state index contributed by atoms with van der Waals surface area (Å²) in [6.07, 6.45) is -0.902. The predicted molar refractivity (Wildman–Crippen MR) is 70.4 cm³/mol. The molecule has 1 aromatic rings. The normalized spacial score (nSPS) is 12.9. The fraction of sp³-hybridized carbons (Fsp3) is 0.231. The van der Waals surface area contributed by atoms with Crippen LogP contribution in [0.4, 0.5) is 8.78 Å².